The van der Waals surface area contributed by atoms with Crippen molar-refractivity contribution in [1.82, 2.24) is 10.6 Å². The van der Waals surface area contributed by atoms with Crippen molar-refractivity contribution >= 4 is 6.03 Å². The van der Waals surface area contributed by atoms with Crippen molar-refractivity contribution in [2.75, 3.05) is 6.54 Å². The van der Waals surface area contributed by atoms with E-state index in [1.807, 2.05) is 0 Å². The summed E-state index contributed by atoms with van der Waals surface area (Å²) >= 11 is 0. The van der Waals surface area contributed by atoms with Crippen molar-refractivity contribution in [2.45, 2.75) is 45.1 Å². The molecular formula is C15H21F3N2O. The number of hydrogen-bond acceptors (Lipinski definition) is 1. The van der Waals surface area contributed by atoms with E-state index in [0.29, 0.717) is 32.4 Å². The van der Waals surface area contributed by atoms with Gasteiger partial charge >= 0.3 is 6.03 Å². The number of carbonyl (C=O) groups excluding carboxylic acids is 1. The van der Waals surface area contributed by atoms with Gasteiger partial charge in [-0.15, -0.1) is 0 Å². The maximum atomic E-state index is 12.7. The van der Waals surface area contributed by atoms with Crippen LogP contribution in [0.3, 0.4) is 0 Å². The summed E-state index contributed by atoms with van der Waals surface area (Å²) in [6.07, 6.45) is 1.65. The standard InChI is InChI=1S/C15H21F3N2O/c1-15(17,18)9-3-2-4-10-19-14(21)20-11-12-5-7-13(16)8-6-12/h5-8H,2-4,9-11H2,1H3,(H2,19,20,21). The second-order valence-corrected chi connectivity index (χ2v) is 5.12. The Morgan fingerprint density at radius 3 is 2.38 bits per heavy atom. The molecule has 0 unspecified atom stereocenters. The highest BCUT2D eigenvalue weighted by Crippen LogP contribution is 2.19. The third kappa shape index (κ3) is 8.94. The first-order chi connectivity index (χ1) is 9.87. The van der Waals surface area contributed by atoms with E-state index >= 15 is 0 Å². The van der Waals surface area contributed by atoms with Crippen molar-refractivity contribution < 1.29 is 18.0 Å². The van der Waals surface area contributed by atoms with Crippen molar-refractivity contribution in [2.24, 2.45) is 0 Å². The molecule has 0 saturated carbocycles. The highest BCUT2D eigenvalue weighted by Gasteiger charge is 2.19. The fourth-order valence-corrected chi connectivity index (χ4v) is 1.79. The van der Waals surface area contributed by atoms with E-state index in [4.69, 9.17) is 0 Å². The summed E-state index contributed by atoms with van der Waals surface area (Å²) in [5.41, 5.74) is 0.803. The summed E-state index contributed by atoms with van der Waals surface area (Å²) in [7, 11) is 0. The first kappa shape index (κ1) is 17.3. The monoisotopic (exact) mass is 302 g/mol. The van der Waals surface area contributed by atoms with Gasteiger partial charge in [0.05, 0.1) is 0 Å². The van der Waals surface area contributed by atoms with Gasteiger partial charge in [0.15, 0.2) is 0 Å². The van der Waals surface area contributed by atoms with Crippen molar-refractivity contribution in [3.8, 4) is 0 Å². The molecule has 1 aromatic carbocycles. The number of alkyl halides is 2. The summed E-state index contributed by atoms with van der Waals surface area (Å²) < 4.78 is 37.8. The van der Waals surface area contributed by atoms with E-state index < -0.39 is 5.92 Å². The molecule has 0 atom stereocenters. The average molecular weight is 302 g/mol. The van der Waals surface area contributed by atoms with Crippen LogP contribution in [0.15, 0.2) is 24.3 Å². The van der Waals surface area contributed by atoms with Crippen LogP contribution in [-0.4, -0.2) is 18.5 Å². The number of rotatable bonds is 8. The molecule has 0 fully saturated rings. The average Bonchev–Trinajstić information content (AvgIpc) is 2.41. The summed E-state index contributed by atoms with van der Waals surface area (Å²) in [5.74, 6) is -2.93. The SMILES string of the molecule is CC(F)(F)CCCCCNC(=O)NCc1ccc(F)cc1. The number of carbonyl (C=O) groups is 1. The van der Waals surface area contributed by atoms with E-state index in [0.717, 1.165) is 12.5 Å². The van der Waals surface area contributed by atoms with Crippen LogP contribution in [0.25, 0.3) is 0 Å². The first-order valence-electron chi connectivity index (χ1n) is 7.01. The minimum Gasteiger partial charge on any atom is -0.338 e. The second-order valence-electron chi connectivity index (χ2n) is 5.12. The third-order valence-electron chi connectivity index (χ3n) is 2.94. The number of amides is 2. The molecule has 118 valence electrons. The molecule has 0 heterocycles. The van der Waals surface area contributed by atoms with Gasteiger partial charge in [-0.2, -0.15) is 0 Å². The number of benzene rings is 1. The van der Waals surface area contributed by atoms with Gasteiger partial charge in [0.25, 0.3) is 0 Å². The van der Waals surface area contributed by atoms with Gasteiger partial charge in [-0.25, -0.2) is 18.0 Å². The Morgan fingerprint density at radius 2 is 1.76 bits per heavy atom. The Hall–Kier alpha value is -1.72. The number of urea groups is 1. The molecule has 2 N–H and O–H groups in total. The van der Waals surface area contributed by atoms with Crippen molar-refractivity contribution in [3.63, 3.8) is 0 Å². The lowest BCUT2D eigenvalue weighted by atomic mass is 10.1. The first-order valence-corrected chi connectivity index (χ1v) is 7.01. The number of halogens is 3. The van der Waals surface area contributed by atoms with Crippen molar-refractivity contribution in [3.05, 3.63) is 35.6 Å². The predicted molar refractivity (Wildman–Crippen MR) is 75.7 cm³/mol. The van der Waals surface area contributed by atoms with E-state index in [2.05, 4.69) is 10.6 Å². The van der Waals surface area contributed by atoms with Crippen molar-refractivity contribution in [1.29, 1.82) is 0 Å². The van der Waals surface area contributed by atoms with E-state index in [-0.39, 0.29) is 18.3 Å². The fourth-order valence-electron chi connectivity index (χ4n) is 1.79. The Kier molecular flexibility index (Phi) is 7.05. The molecule has 1 aromatic rings. The van der Waals surface area contributed by atoms with Crippen LogP contribution in [0.4, 0.5) is 18.0 Å². The summed E-state index contributed by atoms with van der Waals surface area (Å²) in [6, 6.07) is 5.54. The second kappa shape index (κ2) is 8.54. The summed E-state index contributed by atoms with van der Waals surface area (Å²) in [4.78, 5) is 11.5. The lowest BCUT2D eigenvalue weighted by molar-refractivity contribution is 0.0104. The van der Waals surface area contributed by atoms with Crippen LogP contribution >= 0.6 is 0 Å². The number of unbranched alkanes of at least 4 members (excludes halogenated alkanes) is 2. The summed E-state index contributed by atoms with van der Waals surface area (Å²) in [5, 5.41) is 5.29. The molecule has 0 aliphatic rings. The van der Waals surface area contributed by atoms with E-state index in [9.17, 15) is 18.0 Å². The van der Waals surface area contributed by atoms with Gasteiger partial charge in [0.1, 0.15) is 5.82 Å². The van der Waals surface area contributed by atoms with E-state index in [1.54, 1.807) is 12.1 Å². The van der Waals surface area contributed by atoms with Crippen LogP contribution in [0, 0.1) is 5.82 Å². The maximum Gasteiger partial charge on any atom is 0.315 e. The highest BCUT2D eigenvalue weighted by atomic mass is 19.3. The Labute approximate surface area is 122 Å². The Bertz CT molecular complexity index is 430. The smallest absolute Gasteiger partial charge is 0.315 e. The minimum absolute atomic E-state index is 0.121. The zero-order valence-electron chi connectivity index (χ0n) is 12.1. The topological polar surface area (TPSA) is 41.1 Å². The van der Waals surface area contributed by atoms with Crippen LogP contribution in [0.1, 0.15) is 38.2 Å². The van der Waals surface area contributed by atoms with Gasteiger partial charge in [-0.3, -0.25) is 0 Å². The third-order valence-corrected chi connectivity index (χ3v) is 2.94. The Balaban J connectivity index is 2.05. The molecule has 0 aliphatic heterocycles. The molecule has 6 heteroatoms. The fraction of sp³-hybridized carbons (Fsp3) is 0.533. The Morgan fingerprint density at radius 1 is 1.10 bits per heavy atom. The van der Waals surface area contributed by atoms with Crippen LogP contribution in [0.2, 0.25) is 0 Å². The van der Waals surface area contributed by atoms with Gasteiger partial charge in [0.2, 0.25) is 5.92 Å². The van der Waals surface area contributed by atoms with Crippen LogP contribution in [0.5, 0.6) is 0 Å². The number of hydrogen-bond donors (Lipinski definition) is 2. The molecule has 0 aliphatic carbocycles. The summed E-state index contributed by atoms with van der Waals surface area (Å²) in [6.45, 7) is 1.67. The molecule has 0 spiro atoms. The lowest BCUT2D eigenvalue weighted by Gasteiger charge is -2.10. The molecule has 0 saturated heterocycles. The molecule has 21 heavy (non-hydrogen) atoms. The van der Waals surface area contributed by atoms with Crippen LogP contribution < -0.4 is 10.6 Å². The quantitative estimate of drug-likeness (QED) is 0.704. The zero-order valence-corrected chi connectivity index (χ0v) is 12.1. The van der Waals surface area contributed by atoms with Gasteiger partial charge in [-0.05, 0) is 37.5 Å². The molecule has 3 nitrogen and oxygen atoms in total. The lowest BCUT2D eigenvalue weighted by Crippen LogP contribution is -2.35. The largest absolute Gasteiger partial charge is 0.338 e. The zero-order chi connectivity index (χ0) is 15.7. The molecular weight excluding hydrogens is 281 g/mol. The number of nitrogens with one attached hydrogen (secondary N) is 2. The minimum atomic E-state index is -2.61. The maximum absolute atomic E-state index is 12.7. The molecule has 1 rings (SSSR count). The van der Waals surface area contributed by atoms with Gasteiger partial charge in [-0.1, -0.05) is 18.6 Å². The molecule has 0 aromatic heterocycles. The molecule has 0 radical (unpaired) electrons. The van der Waals surface area contributed by atoms with Gasteiger partial charge in [0, 0.05) is 19.5 Å². The highest BCUT2D eigenvalue weighted by molar-refractivity contribution is 5.73. The normalized spacial score (nSPS) is 11.2. The predicted octanol–water partition coefficient (Wildman–Crippen LogP) is 3.84. The van der Waals surface area contributed by atoms with Gasteiger partial charge < -0.3 is 10.6 Å². The van der Waals surface area contributed by atoms with E-state index in [1.165, 1.54) is 12.1 Å². The molecule has 0 bridgehead atoms. The molecule has 2 amide bonds. The van der Waals surface area contributed by atoms with Crippen LogP contribution in [-0.2, 0) is 6.54 Å².